The van der Waals surface area contributed by atoms with Crippen molar-refractivity contribution in [1.82, 2.24) is 0 Å². The summed E-state index contributed by atoms with van der Waals surface area (Å²) in [6.07, 6.45) is 0. The standard InChI is InChI=1S/C22H20ClFN2O2/c1-28-18-10-7-16(8-11-18)22(15-5-3-2-4-6-15)25-14-21(27)26-20-12-9-17(24)13-19(20)23/h2-13,22,25H,14H2,1H3,(H,26,27)/p+1/t22-/m0/s1. The first-order chi connectivity index (χ1) is 13.6. The van der Waals surface area contributed by atoms with Crippen LogP contribution in [-0.4, -0.2) is 19.6 Å². The zero-order valence-electron chi connectivity index (χ0n) is 15.4. The molecule has 0 fully saturated rings. The lowest BCUT2D eigenvalue weighted by Gasteiger charge is -2.17. The van der Waals surface area contributed by atoms with Crippen molar-refractivity contribution in [2.75, 3.05) is 19.0 Å². The van der Waals surface area contributed by atoms with E-state index in [1.807, 2.05) is 59.9 Å². The Bertz CT molecular complexity index is 933. The van der Waals surface area contributed by atoms with Gasteiger partial charge in [-0.1, -0.05) is 41.9 Å². The lowest BCUT2D eigenvalue weighted by Crippen LogP contribution is -2.87. The number of ether oxygens (including phenoxy) is 1. The number of carbonyl (C=O) groups is 1. The molecule has 3 aromatic rings. The van der Waals surface area contributed by atoms with Gasteiger partial charge in [-0.05, 0) is 42.5 Å². The fourth-order valence-corrected chi connectivity index (χ4v) is 3.17. The molecule has 6 heteroatoms. The summed E-state index contributed by atoms with van der Waals surface area (Å²) in [7, 11) is 1.63. The van der Waals surface area contributed by atoms with Gasteiger partial charge in [-0.3, -0.25) is 4.79 Å². The van der Waals surface area contributed by atoms with Gasteiger partial charge in [0, 0.05) is 11.1 Å². The highest BCUT2D eigenvalue weighted by Crippen LogP contribution is 2.23. The molecule has 0 aliphatic heterocycles. The van der Waals surface area contributed by atoms with E-state index in [4.69, 9.17) is 16.3 Å². The van der Waals surface area contributed by atoms with Crippen LogP contribution < -0.4 is 15.4 Å². The quantitative estimate of drug-likeness (QED) is 0.635. The molecule has 1 amide bonds. The summed E-state index contributed by atoms with van der Waals surface area (Å²) in [5.41, 5.74) is 2.53. The molecule has 0 aliphatic rings. The molecule has 0 unspecified atom stereocenters. The molecule has 0 aliphatic carbocycles. The van der Waals surface area contributed by atoms with Crippen LogP contribution in [-0.2, 0) is 4.79 Å². The monoisotopic (exact) mass is 399 g/mol. The van der Waals surface area contributed by atoms with E-state index in [1.54, 1.807) is 7.11 Å². The highest BCUT2D eigenvalue weighted by Gasteiger charge is 2.19. The second kappa shape index (κ2) is 9.35. The van der Waals surface area contributed by atoms with Gasteiger partial charge in [0.05, 0.1) is 17.8 Å². The summed E-state index contributed by atoms with van der Waals surface area (Å²) in [6.45, 7) is 0.180. The number of nitrogens with one attached hydrogen (secondary N) is 1. The predicted octanol–water partition coefficient (Wildman–Crippen LogP) is 3.78. The number of carbonyl (C=O) groups excluding carboxylic acids is 1. The lowest BCUT2D eigenvalue weighted by molar-refractivity contribution is -0.676. The average molecular weight is 400 g/mol. The fourth-order valence-electron chi connectivity index (χ4n) is 2.95. The Morgan fingerprint density at radius 1 is 1.07 bits per heavy atom. The van der Waals surface area contributed by atoms with Crippen LogP contribution in [0.5, 0.6) is 5.75 Å². The minimum Gasteiger partial charge on any atom is -0.497 e. The zero-order valence-corrected chi connectivity index (χ0v) is 16.1. The molecule has 28 heavy (non-hydrogen) atoms. The number of amides is 1. The SMILES string of the molecule is COc1ccc([C@@H]([NH2+]CC(=O)Nc2ccc(F)cc2Cl)c2ccccc2)cc1. The van der Waals surface area contributed by atoms with Crippen molar-refractivity contribution in [3.05, 3.63) is 94.8 Å². The molecule has 0 heterocycles. The first kappa shape index (κ1) is 19.9. The van der Waals surface area contributed by atoms with Gasteiger partial charge in [-0.25, -0.2) is 4.39 Å². The molecule has 3 rings (SSSR count). The van der Waals surface area contributed by atoms with Crippen LogP contribution in [0.25, 0.3) is 0 Å². The number of benzene rings is 3. The second-order valence-corrected chi connectivity index (χ2v) is 6.68. The summed E-state index contributed by atoms with van der Waals surface area (Å²) in [5, 5.41) is 4.84. The van der Waals surface area contributed by atoms with E-state index in [2.05, 4.69) is 5.32 Å². The third-order valence-electron chi connectivity index (χ3n) is 4.38. The van der Waals surface area contributed by atoms with Crippen LogP contribution in [0.1, 0.15) is 17.2 Å². The zero-order chi connectivity index (χ0) is 19.9. The smallest absolute Gasteiger partial charge is 0.279 e. The van der Waals surface area contributed by atoms with Crippen molar-refractivity contribution in [2.45, 2.75) is 6.04 Å². The third-order valence-corrected chi connectivity index (χ3v) is 4.69. The Labute approximate surface area is 168 Å². The summed E-state index contributed by atoms with van der Waals surface area (Å²) >= 11 is 5.98. The van der Waals surface area contributed by atoms with E-state index in [9.17, 15) is 9.18 Å². The topological polar surface area (TPSA) is 54.9 Å². The van der Waals surface area contributed by atoms with Crippen LogP contribution in [0.4, 0.5) is 10.1 Å². The maximum Gasteiger partial charge on any atom is 0.279 e. The molecule has 0 saturated heterocycles. The van der Waals surface area contributed by atoms with Crippen molar-refractivity contribution in [3.8, 4) is 5.75 Å². The summed E-state index contributed by atoms with van der Waals surface area (Å²) in [6, 6.07) is 21.6. The van der Waals surface area contributed by atoms with Crippen molar-refractivity contribution in [3.63, 3.8) is 0 Å². The number of halogens is 2. The molecular weight excluding hydrogens is 379 g/mol. The van der Waals surface area contributed by atoms with Gasteiger partial charge in [0.25, 0.3) is 5.91 Å². The minimum absolute atomic E-state index is 0.0541. The van der Waals surface area contributed by atoms with E-state index in [0.717, 1.165) is 16.9 Å². The molecule has 4 nitrogen and oxygen atoms in total. The van der Waals surface area contributed by atoms with Gasteiger partial charge in [0.15, 0.2) is 6.54 Å². The van der Waals surface area contributed by atoms with E-state index < -0.39 is 5.82 Å². The molecule has 1 atom stereocenters. The maximum atomic E-state index is 13.2. The van der Waals surface area contributed by atoms with Gasteiger partial charge >= 0.3 is 0 Å². The second-order valence-electron chi connectivity index (χ2n) is 6.27. The van der Waals surface area contributed by atoms with Crippen LogP contribution in [0.15, 0.2) is 72.8 Å². The van der Waals surface area contributed by atoms with Gasteiger partial charge in [0.1, 0.15) is 17.6 Å². The first-order valence-corrected chi connectivity index (χ1v) is 9.21. The number of anilines is 1. The third kappa shape index (κ3) is 5.09. The van der Waals surface area contributed by atoms with Crippen LogP contribution >= 0.6 is 11.6 Å². The lowest BCUT2D eigenvalue weighted by atomic mass is 9.98. The Morgan fingerprint density at radius 3 is 2.39 bits per heavy atom. The molecule has 144 valence electrons. The molecule has 0 spiro atoms. The fraction of sp³-hybridized carbons (Fsp3) is 0.136. The van der Waals surface area contributed by atoms with Gasteiger partial charge in [-0.2, -0.15) is 0 Å². The van der Waals surface area contributed by atoms with E-state index >= 15 is 0 Å². The molecule has 0 saturated carbocycles. The first-order valence-electron chi connectivity index (χ1n) is 8.84. The number of quaternary nitrogens is 1. The van der Waals surface area contributed by atoms with Crippen LogP contribution in [0.3, 0.4) is 0 Å². The van der Waals surface area contributed by atoms with E-state index in [1.165, 1.54) is 18.2 Å². The van der Waals surface area contributed by atoms with Crippen molar-refractivity contribution < 1.29 is 19.2 Å². The number of methoxy groups -OCH3 is 1. The van der Waals surface area contributed by atoms with Crippen molar-refractivity contribution >= 4 is 23.2 Å². The highest BCUT2D eigenvalue weighted by molar-refractivity contribution is 6.33. The number of rotatable bonds is 7. The van der Waals surface area contributed by atoms with Gasteiger partial charge in [0.2, 0.25) is 0 Å². The summed E-state index contributed by atoms with van der Waals surface area (Å²) in [4.78, 5) is 12.4. The molecule has 3 N–H and O–H groups in total. The number of hydrogen-bond acceptors (Lipinski definition) is 2. The number of nitrogens with two attached hydrogens (primary N) is 1. The molecule has 0 radical (unpaired) electrons. The Morgan fingerprint density at radius 2 is 1.75 bits per heavy atom. The highest BCUT2D eigenvalue weighted by atomic mass is 35.5. The molecular formula is C22H21ClFN2O2+. The van der Waals surface area contributed by atoms with Crippen molar-refractivity contribution in [1.29, 1.82) is 0 Å². The van der Waals surface area contributed by atoms with E-state index in [-0.39, 0.29) is 23.5 Å². The van der Waals surface area contributed by atoms with Crippen molar-refractivity contribution in [2.24, 2.45) is 0 Å². The van der Waals surface area contributed by atoms with Crippen LogP contribution in [0.2, 0.25) is 5.02 Å². The van der Waals surface area contributed by atoms with Gasteiger partial charge < -0.3 is 15.4 Å². The minimum atomic E-state index is -0.446. The summed E-state index contributed by atoms with van der Waals surface area (Å²) < 4.78 is 18.4. The normalized spacial score (nSPS) is 11.7. The molecule has 0 bridgehead atoms. The predicted molar refractivity (Wildman–Crippen MR) is 108 cm³/mol. The Balaban J connectivity index is 1.73. The van der Waals surface area contributed by atoms with Crippen LogP contribution in [0, 0.1) is 5.82 Å². The molecule has 3 aromatic carbocycles. The Hall–Kier alpha value is -2.89. The largest absolute Gasteiger partial charge is 0.497 e. The van der Waals surface area contributed by atoms with E-state index in [0.29, 0.717) is 5.69 Å². The molecule has 0 aromatic heterocycles. The average Bonchev–Trinajstić information content (AvgIpc) is 2.71. The summed E-state index contributed by atoms with van der Waals surface area (Å²) in [5.74, 6) is 0.111. The van der Waals surface area contributed by atoms with Gasteiger partial charge in [-0.15, -0.1) is 0 Å². The maximum absolute atomic E-state index is 13.2. The Kier molecular flexibility index (Phi) is 6.63. The number of hydrogen-bond donors (Lipinski definition) is 2.